The summed E-state index contributed by atoms with van der Waals surface area (Å²) >= 11 is 0. The van der Waals surface area contributed by atoms with Crippen LogP contribution in [0.4, 0.5) is 0 Å². The van der Waals surface area contributed by atoms with Gasteiger partial charge in [-0.3, -0.25) is 0 Å². The number of rotatable bonds is 8. The van der Waals surface area contributed by atoms with Crippen LogP contribution in [0.2, 0.25) is 0 Å². The molecule has 2 aliphatic rings. The fourth-order valence-electron chi connectivity index (χ4n) is 14.5. The predicted molar refractivity (Wildman–Crippen MR) is 448 cm³/mol. The minimum absolute atomic E-state index is 0.000308. The summed E-state index contributed by atoms with van der Waals surface area (Å²) in [4.78, 5) is 0. The summed E-state index contributed by atoms with van der Waals surface area (Å²) in [5, 5.41) is 7.17. The molecule has 5 aromatic rings. The van der Waals surface area contributed by atoms with Crippen molar-refractivity contribution in [2.24, 2.45) is 0 Å². The lowest BCUT2D eigenvalue weighted by molar-refractivity contribution is 0.546. The second-order valence-corrected chi connectivity index (χ2v) is 55.4. The van der Waals surface area contributed by atoms with E-state index >= 15 is 0 Å². The van der Waals surface area contributed by atoms with E-state index in [0.717, 1.165) is 12.3 Å². The van der Waals surface area contributed by atoms with Gasteiger partial charge in [0.2, 0.25) is 0 Å². The van der Waals surface area contributed by atoms with Crippen molar-refractivity contribution >= 4 is 50.3 Å². The first kappa shape index (κ1) is 80.4. The fraction of sp³-hybridized carbons (Fsp3) is 0.630. The topological polar surface area (TPSA) is 0 Å². The maximum absolute atomic E-state index is 2.76. The second-order valence-electron chi connectivity index (χ2n) is 44.1. The molecule has 2 aliphatic heterocycles. The molecule has 0 unspecified atom stereocenters. The van der Waals surface area contributed by atoms with Crippen LogP contribution < -0.4 is 0 Å². The highest BCUT2D eigenvalue weighted by atomic mass is 31.2. The zero-order valence-corrected chi connectivity index (χ0v) is 73.7. The van der Waals surface area contributed by atoms with E-state index in [4.69, 9.17) is 0 Å². The summed E-state index contributed by atoms with van der Waals surface area (Å²) in [7, 11) is -3.29. The highest BCUT2D eigenvalue weighted by Crippen LogP contribution is 2.72. The van der Waals surface area contributed by atoms with E-state index in [1.807, 2.05) is 0 Å². The van der Waals surface area contributed by atoms with E-state index in [-0.39, 0.29) is 75.3 Å². The molecule has 0 saturated heterocycles. The van der Waals surface area contributed by atoms with Gasteiger partial charge in [-0.15, -0.1) is 14.3 Å². The van der Waals surface area contributed by atoms with Crippen LogP contribution in [0, 0.1) is 0 Å². The first-order chi connectivity index (χ1) is 42.5. The minimum Gasteiger partial charge on any atom is -0.103 e. The molecule has 2 heterocycles. The summed E-state index contributed by atoms with van der Waals surface area (Å²) in [5.74, 6) is 0. The monoisotopic (exact) mass is 1370 g/mol. The first-order valence-electron chi connectivity index (χ1n) is 37.0. The summed E-state index contributed by atoms with van der Waals surface area (Å²) in [6.07, 6.45) is 2.05. The Hall–Kier alpha value is -2.96. The zero-order valence-electron chi connectivity index (χ0n) is 70.1. The van der Waals surface area contributed by atoms with Crippen molar-refractivity contribution in [3.8, 4) is 0 Å². The van der Waals surface area contributed by atoms with E-state index in [2.05, 4.69) is 364 Å². The Bertz CT molecular complexity index is 3400. The molecule has 4 heteroatoms. The molecule has 0 atom stereocenters. The van der Waals surface area contributed by atoms with Gasteiger partial charge in [0.25, 0.3) is 0 Å². The van der Waals surface area contributed by atoms with Crippen LogP contribution in [0.5, 0.6) is 0 Å². The van der Waals surface area contributed by atoms with Gasteiger partial charge < -0.3 is 0 Å². The molecular weight excluding hydrogens is 1230 g/mol. The number of hydrogen-bond acceptors (Lipinski definition) is 0. The van der Waals surface area contributed by atoms with E-state index in [0.29, 0.717) is 0 Å². The van der Waals surface area contributed by atoms with E-state index in [1.54, 1.807) is 42.4 Å². The standard InChI is InChI=1S/C92H142P4/c1-79(2,3)59-47-63(83(13,14)15)71(64(48-59)84(16,17)18)75-93(76(95(75)91(37,38)39)72-65(85(19,20)21)49-60(80(4,5)6)50-66(72)86(22,23)24)55-57-44-43-45-58(46-57)56-94-77(73-67(87(25,26)27)51-61(81(7,8)9)52-68(73)88(28,29)30)96(92(40,41)42)78(94)74-69(89(31,32)33)53-62(82(10,11)12)54-70(74)90(34,35)36/h43-54H,55-56H2,1-42H3. The van der Waals surface area contributed by atoms with Crippen LogP contribution in [0.25, 0.3) is 0 Å². The van der Waals surface area contributed by atoms with Gasteiger partial charge in [0.05, 0.1) is 0 Å². The van der Waals surface area contributed by atoms with Crippen molar-refractivity contribution in [1.29, 1.82) is 0 Å². The molecule has 5 aromatic carbocycles. The third-order valence-corrected chi connectivity index (χ3v) is 35.1. The van der Waals surface area contributed by atoms with E-state index in [9.17, 15) is 0 Å². The lowest BCUT2D eigenvalue weighted by atomic mass is 9.72. The number of benzene rings is 5. The van der Waals surface area contributed by atoms with E-state index in [1.165, 1.54) is 77.9 Å². The molecule has 0 radical (unpaired) electrons. The Kier molecular flexibility index (Phi) is 21.3. The third kappa shape index (κ3) is 16.6. The molecule has 0 bridgehead atoms. The van der Waals surface area contributed by atoms with Gasteiger partial charge in [0, 0.05) is 32.5 Å². The van der Waals surface area contributed by atoms with Crippen LogP contribution in [-0.4, -0.2) is 30.5 Å². The highest BCUT2D eigenvalue weighted by Gasteiger charge is 2.49. The van der Waals surface area contributed by atoms with Crippen LogP contribution in [-0.2, 0) is 77.3 Å². The van der Waals surface area contributed by atoms with Crippen LogP contribution in [0.3, 0.4) is 0 Å². The quantitative estimate of drug-likeness (QED) is 0.136. The SMILES string of the molecule is CC(C)(C)c1cc(C(C)(C)C)c(C2=P(Cc3cccc(CP4=C(c5c(C(C)(C)C)cc(C(C)(C)C)cc5C(C)(C)C)P(C(C)(C)C)C=4c4c(C(C)(C)C)cc(C(C)(C)C)cc4C(C)(C)C)c3)=C(c3c(C(C)(C)C)cc(C(C)(C)C)cc3C(C)(C)C)P2C(C)(C)C)c(C(C)(C)C)c1. The molecule has 7 rings (SSSR count). The predicted octanol–water partition coefficient (Wildman–Crippen LogP) is 28.5. The maximum Gasteiger partial charge on any atom is 0.0123 e. The van der Waals surface area contributed by atoms with Gasteiger partial charge in [0.1, 0.15) is 0 Å². The summed E-state index contributed by atoms with van der Waals surface area (Å²) in [5.41, 5.74) is 26.9. The molecule has 0 aromatic heterocycles. The molecule has 0 fully saturated rings. The highest BCUT2D eigenvalue weighted by molar-refractivity contribution is 8.16. The molecule has 0 saturated carbocycles. The Morgan fingerprint density at radius 1 is 0.208 bits per heavy atom. The van der Waals surface area contributed by atoms with Crippen LogP contribution in [0.15, 0.2) is 72.8 Å². The molecular formula is C92H142P4. The van der Waals surface area contributed by atoms with Gasteiger partial charge in [0.15, 0.2) is 0 Å². The smallest absolute Gasteiger partial charge is 0.0123 e. The average molecular weight is 1370 g/mol. The van der Waals surface area contributed by atoms with E-state index < -0.39 is 30.2 Å². The normalized spacial score (nSPS) is 18.2. The lowest BCUT2D eigenvalue weighted by Gasteiger charge is -2.48. The third-order valence-electron chi connectivity index (χ3n) is 20.3. The molecule has 0 spiro atoms. The van der Waals surface area contributed by atoms with Gasteiger partial charge in [-0.2, -0.15) is 0 Å². The van der Waals surface area contributed by atoms with Crippen LogP contribution >= 0.6 is 30.2 Å². The average Bonchev–Trinajstić information content (AvgIpc) is 0.697. The Morgan fingerprint density at radius 3 is 0.490 bits per heavy atom. The van der Waals surface area contributed by atoms with Crippen molar-refractivity contribution in [3.63, 3.8) is 0 Å². The molecule has 96 heavy (non-hydrogen) atoms. The number of hydrogen-bond donors (Lipinski definition) is 0. The molecule has 0 N–H and O–H groups in total. The van der Waals surface area contributed by atoms with Crippen molar-refractivity contribution in [3.05, 3.63) is 173 Å². The van der Waals surface area contributed by atoms with Crippen molar-refractivity contribution < 1.29 is 0 Å². The van der Waals surface area contributed by atoms with Crippen LogP contribution in [0.1, 0.15) is 391 Å². The largest absolute Gasteiger partial charge is 0.103 e. The van der Waals surface area contributed by atoms with Crippen molar-refractivity contribution in [1.82, 2.24) is 0 Å². The maximum atomic E-state index is 2.76. The van der Waals surface area contributed by atoms with Gasteiger partial charge >= 0.3 is 0 Å². The Morgan fingerprint density at radius 2 is 0.365 bits per heavy atom. The molecule has 0 amide bonds. The first-order valence-corrected chi connectivity index (χ1v) is 42.8. The second kappa shape index (κ2) is 25.5. The van der Waals surface area contributed by atoms with Crippen molar-refractivity contribution in [2.45, 2.75) is 378 Å². The molecule has 0 aliphatic carbocycles. The van der Waals surface area contributed by atoms with Crippen molar-refractivity contribution in [2.75, 3.05) is 0 Å². The Labute approximate surface area is 597 Å². The minimum atomic E-state index is -0.856. The van der Waals surface area contributed by atoms with Gasteiger partial charge in [-0.05, 0) is 191 Å². The fourth-order valence-corrected chi connectivity index (χ4v) is 32.8. The molecule has 0 nitrogen and oxygen atoms in total. The molecule has 530 valence electrons. The summed E-state index contributed by atoms with van der Waals surface area (Å²) in [6, 6.07) is 31.8. The summed E-state index contributed by atoms with van der Waals surface area (Å²) < 4.78 is 0. The van der Waals surface area contributed by atoms with Gasteiger partial charge in [-0.25, -0.2) is 0 Å². The lowest BCUT2D eigenvalue weighted by Crippen LogP contribution is -2.35. The summed E-state index contributed by atoms with van der Waals surface area (Å²) in [6.45, 7) is 105. The van der Waals surface area contributed by atoms with Gasteiger partial charge in [-0.1, -0.05) is 364 Å². The Balaban J connectivity index is 1.78. The zero-order chi connectivity index (χ0) is 73.9.